The standard InChI is InChI=1S/C30H28N4O5S/c1-17-16-40-28-24(33-30-31-15-21(32-30)20-12-13-22(35)23(36)14-20)27(37)34(28)25(17)29(38)39-26(18-8-4-2-5-9-18)19-10-6-3-7-11-19/h2-14,21,24,26,28,35-36H,15-16H2,1H3,(H2,31,32,33)/t21?,24-,28?/m1/s1. The second kappa shape index (κ2) is 10.6. The molecule has 40 heavy (non-hydrogen) atoms. The lowest BCUT2D eigenvalue weighted by molar-refractivity contribution is -0.153. The molecule has 0 aliphatic carbocycles. The molecular formula is C30H28N4O5S. The van der Waals surface area contributed by atoms with Crippen LogP contribution in [0.5, 0.6) is 11.5 Å². The Bertz CT molecular complexity index is 1470. The van der Waals surface area contributed by atoms with Gasteiger partial charge in [0.2, 0.25) is 0 Å². The molecule has 0 bridgehead atoms. The van der Waals surface area contributed by atoms with Crippen molar-refractivity contribution in [2.45, 2.75) is 30.5 Å². The Morgan fingerprint density at radius 1 is 1.05 bits per heavy atom. The van der Waals surface area contributed by atoms with Crippen molar-refractivity contribution in [3.8, 4) is 11.5 Å². The number of phenols is 2. The molecule has 0 radical (unpaired) electrons. The van der Waals surface area contributed by atoms with Crippen LogP contribution in [-0.2, 0) is 14.3 Å². The predicted octanol–water partition coefficient (Wildman–Crippen LogP) is 3.58. The van der Waals surface area contributed by atoms with Crippen LogP contribution < -0.4 is 10.6 Å². The topological polar surface area (TPSA) is 123 Å². The zero-order chi connectivity index (χ0) is 27.8. The van der Waals surface area contributed by atoms with Crippen LogP contribution in [0.4, 0.5) is 0 Å². The summed E-state index contributed by atoms with van der Waals surface area (Å²) in [4.78, 5) is 33.0. The molecule has 204 valence electrons. The van der Waals surface area contributed by atoms with Crippen LogP contribution in [0.15, 0.2) is 95.1 Å². The van der Waals surface area contributed by atoms with Crippen LogP contribution in [0.25, 0.3) is 0 Å². The summed E-state index contributed by atoms with van der Waals surface area (Å²) < 4.78 is 6.09. The van der Waals surface area contributed by atoms with Gasteiger partial charge in [-0.15, -0.1) is 11.8 Å². The van der Waals surface area contributed by atoms with E-state index in [0.717, 1.165) is 22.3 Å². The van der Waals surface area contributed by atoms with E-state index in [2.05, 4.69) is 15.6 Å². The van der Waals surface area contributed by atoms with Gasteiger partial charge in [0.05, 0.1) is 12.6 Å². The van der Waals surface area contributed by atoms with E-state index in [0.29, 0.717) is 24.0 Å². The van der Waals surface area contributed by atoms with E-state index < -0.39 is 18.1 Å². The molecule has 1 fully saturated rings. The van der Waals surface area contributed by atoms with Gasteiger partial charge >= 0.3 is 5.97 Å². The number of carbonyl (C=O) groups excluding carboxylic acids is 2. The minimum atomic E-state index is -0.609. The molecule has 0 spiro atoms. The van der Waals surface area contributed by atoms with Crippen molar-refractivity contribution in [1.82, 2.24) is 15.5 Å². The van der Waals surface area contributed by atoms with E-state index in [1.807, 2.05) is 67.6 Å². The van der Waals surface area contributed by atoms with E-state index >= 15 is 0 Å². The molecule has 3 aromatic carbocycles. The number of amides is 1. The highest BCUT2D eigenvalue weighted by atomic mass is 32.2. The monoisotopic (exact) mass is 556 g/mol. The van der Waals surface area contributed by atoms with Crippen molar-refractivity contribution in [3.63, 3.8) is 0 Å². The summed E-state index contributed by atoms with van der Waals surface area (Å²) >= 11 is 1.58. The number of carbonyl (C=O) groups is 2. The Hall–Kier alpha value is -4.44. The highest BCUT2D eigenvalue weighted by Crippen LogP contribution is 2.41. The van der Waals surface area contributed by atoms with E-state index in [9.17, 15) is 19.8 Å². The van der Waals surface area contributed by atoms with Crippen LogP contribution in [0, 0.1) is 0 Å². The van der Waals surface area contributed by atoms with Gasteiger partial charge in [-0.1, -0.05) is 66.7 Å². The number of nitrogens with one attached hydrogen (secondary N) is 2. The third-order valence-corrected chi connectivity index (χ3v) is 8.64. The van der Waals surface area contributed by atoms with Gasteiger partial charge in [0.25, 0.3) is 5.91 Å². The van der Waals surface area contributed by atoms with Crippen LogP contribution >= 0.6 is 11.8 Å². The Morgan fingerprint density at radius 2 is 1.73 bits per heavy atom. The largest absolute Gasteiger partial charge is 0.504 e. The minimum absolute atomic E-state index is 0.188. The Kier molecular flexibility index (Phi) is 6.85. The van der Waals surface area contributed by atoms with Crippen molar-refractivity contribution >= 4 is 29.6 Å². The summed E-state index contributed by atoms with van der Waals surface area (Å²) in [5.41, 5.74) is 3.54. The molecule has 2 unspecified atom stereocenters. The maximum Gasteiger partial charge on any atom is 0.356 e. The third-order valence-electron chi connectivity index (χ3n) is 7.22. The number of hydrogen-bond donors (Lipinski definition) is 4. The summed E-state index contributed by atoms with van der Waals surface area (Å²) in [6, 6.07) is 23.0. The zero-order valence-electron chi connectivity index (χ0n) is 21.7. The number of aromatic hydroxyl groups is 2. The van der Waals surface area contributed by atoms with E-state index in [4.69, 9.17) is 4.74 Å². The molecule has 4 N–H and O–H groups in total. The second-order valence-electron chi connectivity index (χ2n) is 9.90. The minimum Gasteiger partial charge on any atom is -0.504 e. The van der Waals surface area contributed by atoms with E-state index in [1.165, 1.54) is 17.0 Å². The lowest BCUT2D eigenvalue weighted by atomic mass is 10.0. The molecule has 1 saturated heterocycles. The zero-order valence-corrected chi connectivity index (χ0v) is 22.5. The fourth-order valence-electron chi connectivity index (χ4n) is 5.13. The number of rotatable bonds is 6. The normalized spacial score (nSPS) is 21.9. The van der Waals surface area contributed by atoms with Crippen LogP contribution in [0.3, 0.4) is 0 Å². The number of esters is 1. The first-order chi connectivity index (χ1) is 19.4. The second-order valence-corrected chi connectivity index (χ2v) is 11.0. The average molecular weight is 557 g/mol. The lowest BCUT2D eigenvalue weighted by Gasteiger charge is -2.49. The smallest absolute Gasteiger partial charge is 0.356 e. The third kappa shape index (κ3) is 4.75. The Morgan fingerprint density at radius 3 is 2.38 bits per heavy atom. The summed E-state index contributed by atoms with van der Waals surface area (Å²) in [6.45, 7) is 2.26. The van der Waals surface area contributed by atoms with Crippen LogP contribution in [0.2, 0.25) is 0 Å². The molecule has 0 aromatic heterocycles. The first-order valence-electron chi connectivity index (χ1n) is 13.0. The molecule has 0 saturated carbocycles. The number of ether oxygens (including phenoxy) is 1. The van der Waals surface area contributed by atoms with Crippen LogP contribution in [0.1, 0.15) is 35.8 Å². The highest BCUT2D eigenvalue weighted by molar-refractivity contribution is 8.00. The van der Waals surface area contributed by atoms with Gasteiger partial charge in [0.15, 0.2) is 23.6 Å². The summed E-state index contributed by atoms with van der Waals surface area (Å²) in [5.74, 6) is -0.0851. The molecule has 1 amide bonds. The number of phenolic OH excluding ortho intramolecular Hbond substituents is 2. The van der Waals surface area contributed by atoms with Gasteiger partial charge in [-0.2, -0.15) is 0 Å². The van der Waals surface area contributed by atoms with Crippen molar-refractivity contribution in [2.75, 3.05) is 12.3 Å². The van der Waals surface area contributed by atoms with Crippen LogP contribution in [-0.4, -0.2) is 56.7 Å². The summed E-state index contributed by atoms with van der Waals surface area (Å²) in [7, 11) is 0. The molecule has 3 atom stereocenters. The molecule has 3 aliphatic rings. The quantitative estimate of drug-likeness (QED) is 0.206. The number of guanidine groups is 1. The molecule has 6 rings (SSSR count). The number of benzene rings is 3. The molecule has 3 aliphatic heterocycles. The van der Waals surface area contributed by atoms with Crippen molar-refractivity contribution in [2.24, 2.45) is 4.99 Å². The fourth-order valence-corrected chi connectivity index (χ4v) is 6.42. The maximum atomic E-state index is 13.6. The van der Waals surface area contributed by atoms with Crippen molar-refractivity contribution in [3.05, 3.63) is 107 Å². The van der Waals surface area contributed by atoms with E-state index in [1.54, 1.807) is 17.8 Å². The summed E-state index contributed by atoms with van der Waals surface area (Å²) in [6.07, 6.45) is -0.609. The molecule has 10 heteroatoms. The van der Waals surface area contributed by atoms with Gasteiger partial charge in [0.1, 0.15) is 17.1 Å². The first kappa shape index (κ1) is 25.8. The predicted molar refractivity (Wildman–Crippen MR) is 151 cm³/mol. The van der Waals surface area contributed by atoms with Gasteiger partial charge in [0, 0.05) is 5.75 Å². The number of fused-ring (bicyclic) bond motifs is 1. The number of nitrogens with zero attached hydrogens (tertiary/aromatic N) is 2. The Balaban J connectivity index is 1.15. The molecule has 3 heterocycles. The molecule has 9 nitrogen and oxygen atoms in total. The number of thioether (sulfide) groups is 1. The number of hydrogen-bond acceptors (Lipinski definition) is 9. The number of β-lactam (4-membered cyclic amide) rings is 1. The van der Waals surface area contributed by atoms with Crippen molar-refractivity contribution in [1.29, 1.82) is 0 Å². The number of aliphatic imine (C=N–C) groups is 1. The van der Waals surface area contributed by atoms with Crippen molar-refractivity contribution < 1.29 is 24.5 Å². The van der Waals surface area contributed by atoms with Gasteiger partial charge in [-0.3, -0.25) is 14.7 Å². The van der Waals surface area contributed by atoms with E-state index in [-0.39, 0.29) is 28.8 Å². The summed E-state index contributed by atoms with van der Waals surface area (Å²) in [5, 5.41) is 25.6. The van der Waals surface area contributed by atoms with Gasteiger partial charge < -0.3 is 25.6 Å². The first-order valence-corrected chi connectivity index (χ1v) is 14.0. The molecular weight excluding hydrogens is 528 g/mol. The Labute approximate surface area is 235 Å². The molecule has 3 aromatic rings. The fraction of sp³-hybridized carbons (Fsp3) is 0.233. The van der Waals surface area contributed by atoms with Gasteiger partial charge in [-0.25, -0.2) is 4.79 Å². The van der Waals surface area contributed by atoms with Gasteiger partial charge in [-0.05, 0) is 41.3 Å². The average Bonchev–Trinajstić information content (AvgIpc) is 3.45. The lowest BCUT2D eigenvalue weighted by Crippen LogP contribution is -2.71. The highest BCUT2D eigenvalue weighted by Gasteiger charge is 2.54. The maximum absolute atomic E-state index is 13.6. The SMILES string of the molecule is CC1=C(C(=O)OC(c2ccccc2)c2ccccc2)N2C(=O)[C@@H](NC3=NCC(c4ccc(O)c(O)c4)N3)C2SC1.